The summed E-state index contributed by atoms with van der Waals surface area (Å²) in [6, 6.07) is 1.26. The zero-order chi connectivity index (χ0) is 15.6. The van der Waals surface area contributed by atoms with E-state index in [0.717, 1.165) is 24.3 Å². The van der Waals surface area contributed by atoms with Crippen molar-refractivity contribution >= 4 is 0 Å². The summed E-state index contributed by atoms with van der Waals surface area (Å²) >= 11 is 0. The highest BCUT2D eigenvalue weighted by molar-refractivity contribution is 4.90. The summed E-state index contributed by atoms with van der Waals surface area (Å²) in [5.74, 6) is 2.70. The van der Waals surface area contributed by atoms with Crippen LogP contribution in [0, 0.1) is 23.2 Å². The van der Waals surface area contributed by atoms with Gasteiger partial charge >= 0.3 is 0 Å². The van der Waals surface area contributed by atoms with Crippen LogP contribution in [0.3, 0.4) is 0 Å². The molecule has 0 radical (unpaired) electrons. The maximum absolute atomic E-state index is 6.22. The van der Waals surface area contributed by atoms with Crippen molar-refractivity contribution in [3.63, 3.8) is 0 Å². The van der Waals surface area contributed by atoms with Gasteiger partial charge in [0.15, 0.2) is 0 Å². The Morgan fingerprint density at radius 3 is 1.95 bits per heavy atom. The highest BCUT2D eigenvalue weighted by Gasteiger charge is 2.36. The molecule has 0 aromatic rings. The van der Waals surface area contributed by atoms with E-state index in [1.807, 2.05) is 0 Å². The van der Waals surface area contributed by atoms with Crippen LogP contribution in [0.15, 0.2) is 0 Å². The lowest BCUT2D eigenvalue weighted by molar-refractivity contribution is 0.0610. The number of hydrogen-bond acceptors (Lipinski definition) is 2. The van der Waals surface area contributed by atoms with Gasteiger partial charge in [0.25, 0.3) is 0 Å². The molecule has 2 aliphatic rings. The number of rotatable bonds is 6. The second kappa shape index (κ2) is 7.00. The van der Waals surface area contributed by atoms with Gasteiger partial charge in [-0.3, -0.25) is 4.90 Å². The maximum Gasteiger partial charge on any atom is 0.0249 e. The zero-order valence-corrected chi connectivity index (χ0v) is 15.1. The Morgan fingerprint density at radius 1 is 1.00 bits per heavy atom. The summed E-state index contributed by atoms with van der Waals surface area (Å²) in [7, 11) is 0. The van der Waals surface area contributed by atoms with Gasteiger partial charge in [-0.1, -0.05) is 20.8 Å². The molecule has 0 aliphatic heterocycles. The lowest BCUT2D eigenvalue weighted by Crippen LogP contribution is -2.50. The minimum atomic E-state index is 0.481. The molecule has 0 amide bonds. The first kappa shape index (κ1) is 17.3. The van der Waals surface area contributed by atoms with E-state index >= 15 is 0 Å². The molecule has 2 N–H and O–H groups in total. The first-order valence-corrected chi connectivity index (χ1v) is 9.28. The fourth-order valence-electron chi connectivity index (χ4n) is 4.30. The van der Waals surface area contributed by atoms with Gasteiger partial charge in [0.05, 0.1) is 0 Å². The van der Waals surface area contributed by atoms with E-state index in [1.54, 1.807) is 0 Å². The monoisotopic (exact) mass is 294 g/mol. The van der Waals surface area contributed by atoms with Gasteiger partial charge in [-0.2, -0.15) is 0 Å². The molecular weight excluding hydrogens is 256 g/mol. The molecule has 1 unspecified atom stereocenters. The molecule has 0 aromatic carbocycles. The van der Waals surface area contributed by atoms with Crippen molar-refractivity contribution < 1.29 is 0 Å². The van der Waals surface area contributed by atoms with Crippen molar-refractivity contribution in [3.05, 3.63) is 0 Å². The molecule has 124 valence electrons. The fraction of sp³-hybridized carbons (Fsp3) is 1.00. The van der Waals surface area contributed by atoms with Gasteiger partial charge in [-0.15, -0.1) is 0 Å². The third-order valence-corrected chi connectivity index (χ3v) is 6.04. The Balaban J connectivity index is 1.94. The number of hydrogen-bond donors (Lipinski definition) is 1. The largest absolute Gasteiger partial charge is 0.329 e. The van der Waals surface area contributed by atoms with Gasteiger partial charge in [-0.05, 0) is 75.5 Å². The predicted molar refractivity (Wildman–Crippen MR) is 92.3 cm³/mol. The normalized spacial score (nSPS) is 29.1. The predicted octanol–water partition coefficient (Wildman–Crippen LogP) is 4.29. The van der Waals surface area contributed by atoms with E-state index in [-0.39, 0.29) is 0 Å². The maximum atomic E-state index is 6.22. The molecule has 2 rings (SSSR count). The van der Waals surface area contributed by atoms with Gasteiger partial charge in [0.1, 0.15) is 0 Å². The second-order valence-electron chi connectivity index (χ2n) is 9.01. The van der Waals surface area contributed by atoms with E-state index in [9.17, 15) is 0 Å². The van der Waals surface area contributed by atoms with Gasteiger partial charge in [0, 0.05) is 25.2 Å². The summed E-state index contributed by atoms with van der Waals surface area (Å²) < 4.78 is 0. The lowest BCUT2D eigenvalue weighted by atomic mass is 9.68. The van der Waals surface area contributed by atoms with Crippen molar-refractivity contribution in [1.29, 1.82) is 0 Å². The SMILES string of the molecule is CC(C)N(CC1CC1)C(CN)C1CCC(C(C)(C)C)CC1. The van der Waals surface area contributed by atoms with Crippen LogP contribution in [-0.4, -0.2) is 30.1 Å². The molecule has 2 fully saturated rings. The van der Waals surface area contributed by atoms with Crippen LogP contribution in [0.1, 0.15) is 73.1 Å². The van der Waals surface area contributed by atoms with Crippen molar-refractivity contribution in [2.24, 2.45) is 28.9 Å². The summed E-state index contributed by atoms with van der Waals surface area (Å²) in [6.07, 6.45) is 8.46. The van der Waals surface area contributed by atoms with Gasteiger partial charge in [0.2, 0.25) is 0 Å². The molecule has 0 spiro atoms. The average Bonchev–Trinajstić information content (AvgIpc) is 3.22. The highest BCUT2D eigenvalue weighted by Crippen LogP contribution is 2.42. The Bertz CT molecular complexity index is 306. The summed E-state index contributed by atoms with van der Waals surface area (Å²) in [6.45, 7) is 14.1. The van der Waals surface area contributed by atoms with Crippen LogP contribution in [0.2, 0.25) is 0 Å². The Labute approximate surface area is 132 Å². The van der Waals surface area contributed by atoms with Crippen LogP contribution in [0.5, 0.6) is 0 Å². The highest BCUT2D eigenvalue weighted by atomic mass is 15.2. The van der Waals surface area contributed by atoms with Crippen LogP contribution < -0.4 is 5.73 Å². The zero-order valence-electron chi connectivity index (χ0n) is 15.1. The van der Waals surface area contributed by atoms with E-state index in [0.29, 0.717) is 17.5 Å². The molecule has 2 nitrogen and oxygen atoms in total. The second-order valence-corrected chi connectivity index (χ2v) is 9.01. The summed E-state index contributed by atoms with van der Waals surface area (Å²) in [5, 5.41) is 0. The number of nitrogens with zero attached hydrogens (tertiary/aromatic N) is 1. The third-order valence-electron chi connectivity index (χ3n) is 6.04. The molecule has 0 bridgehead atoms. The molecule has 0 saturated heterocycles. The van der Waals surface area contributed by atoms with Crippen LogP contribution in [0.4, 0.5) is 0 Å². The van der Waals surface area contributed by atoms with Gasteiger partial charge < -0.3 is 5.73 Å². The van der Waals surface area contributed by atoms with Crippen molar-refractivity contribution in [2.45, 2.75) is 85.2 Å². The molecule has 2 heteroatoms. The van der Waals surface area contributed by atoms with E-state index in [1.165, 1.54) is 45.1 Å². The molecule has 2 aliphatic carbocycles. The van der Waals surface area contributed by atoms with E-state index < -0.39 is 0 Å². The molecule has 1 atom stereocenters. The van der Waals surface area contributed by atoms with E-state index in [2.05, 4.69) is 39.5 Å². The van der Waals surface area contributed by atoms with Crippen LogP contribution in [0.25, 0.3) is 0 Å². The van der Waals surface area contributed by atoms with Crippen LogP contribution >= 0.6 is 0 Å². The Hall–Kier alpha value is -0.0800. The van der Waals surface area contributed by atoms with Crippen molar-refractivity contribution in [2.75, 3.05) is 13.1 Å². The molecule has 21 heavy (non-hydrogen) atoms. The molecule has 0 aromatic heterocycles. The lowest BCUT2D eigenvalue weighted by Gasteiger charge is -2.44. The smallest absolute Gasteiger partial charge is 0.0249 e. The topological polar surface area (TPSA) is 29.3 Å². The number of nitrogens with two attached hydrogens (primary N) is 1. The summed E-state index contributed by atoms with van der Waals surface area (Å²) in [5.41, 5.74) is 6.70. The third kappa shape index (κ3) is 4.69. The fourth-order valence-corrected chi connectivity index (χ4v) is 4.30. The molecular formula is C19H38N2. The molecule has 2 saturated carbocycles. The Morgan fingerprint density at radius 2 is 1.57 bits per heavy atom. The first-order chi connectivity index (χ1) is 9.82. The van der Waals surface area contributed by atoms with E-state index in [4.69, 9.17) is 5.73 Å². The minimum Gasteiger partial charge on any atom is -0.329 e. The van der Waals surface area contributed by atoms with Crippen molar-refractivity contribution in [3.8, 4) is 0 Å². The quantitative estimate of drug-likeness (QED) is 0.792. The first-order valence-electron chi connectivity index (χ1n) is 9.28. The minimum absolute atomic E-state index is 0.481. The standard InChI is InChI=1S/C19H38N2/c1-14(2)21(13-15-6-7-15)18(12-20)16-8-10-17(11-9-16)19(3,4)5/h14-18H,6-13,20H2,1-5H3. The van der Waals surface area contributed by atoms with Gasteiger partial charge in [-0.25, -0.2) is 0 Å². The average molecular weight is 295 g/mol. The molecule has 0 heterocycles. The Kier molecular flexibility index (Phi) is 5.76. The van der Waals surface area contributed by atoms with Crippen molar-refractivity contribution in [1.82, 2.24) is 4.90 Å². The summed E-state index contributed by atoms with van der Waals surface area (Å²) in [4.78, 5) is 2.74. The van der Waals surface area contributed by atoms with Crippen LogP contribution in [-0.2, 0) is 0 Å².